The molecule has 0 radical (unpaired) electrons. The van der Waals surface area contributed by atoms with Gasteiger partial charge in [-0.25, -0.2) is 0 Å². The first-order valence-electron chi connectivity index (χ1n) is 5.43. The lowest BCUT2D eigenvalue weighted by Gasteiger charge is -2.31. The summed E-state index contributed by atoms with van der Waals surface area (Å²) >= 11 is 0. The van der Waals surface area contributed by atoms with Gasteiger partial charge in [0.2, 0.25) is 0 Å². The number of hydrogen-bond acceptors (Lipinski definition) is 4. The zero-order chi connectivity index (χ0) is 10.8. The number of rotatable bonds is 2. The Morgan fingerprint density at radius 2 is 2.07 bits per heavy atom. The summed E-state index contributed by atoms with van der Waals surface area (Å²) in [6, 6.07) is 0.0813. The summed E-state index contributed by atoms with van der Waals surface area (Å²) in [5.74, 6) is -0.701. The molecular weight excluding hydrogens is 196 g/mol. The summed E-state index contributed by atoms with van der Waals surface area (Å²) < 4.78 is 5.29. The van der Waals surface area contributed by atoms with Crippen molar-refractivity contribution in [3.8, 4) is 0 Å². The molecular formula is C10H18N2O3. The molecule has 2 aliphatic rings. The third-order valence-electron chi connectivity index (χ3n) is 3.37. The van der Waals surface area contributed by atoms with E-state index in [1.165, 1.54) is 0 Å². The van der Waals surface area contributed by atoms with Gasteiger partial charge in [0.05, 0.1) is 13.2 Å². The van der Waals surface area contributed by atoms with Crippen LogP contribution in [0, 0.1) is 0 Å². The lowest BCUT2D eigenvalue weighted by atomic mass is 10.1. The Balaban J connectivity index is 1.92. The van der Waals surface area contributed by atoms with E-state index in [1.54, 1.807) is 0 Å². The van der Waals surface area contributed by atoms with Gasteiger partial charge in [0.1, 0.15) is 6.04 Å². The van der Waals surface area contributed by atoms with E-state index in [0.717, 1.165) is 39.3 Å². The van der Waals surface area contributed by atoms with Gasteiger partial charge in [0, 0.05) is 25.7 Å². The molecule has 2 heterocycles. The van der Waals surface area contributed by atoms with Crippen molar-refractivity contribution in [2.75, 3.05) is 39.9 Å². The first-order valence-corrected chi connectivity index (χ1v) is 5.43. The fourth-order valence-electron chi connectivity index (χ4n) is 2.47. The fraction of sp³-hybridized carbons (Fsp3) is 0.900. The first-order chi connectivity index (χ1) is 7.18. The SMILES string of the molecule is CN1C[C@H](N2CCOCC2)C[C@H]1C(=O)O. The van der Waals surface area contributed by atoms with Crippen LogP contribution in [0.2, 0.25) is 0 Å². The molecule has 0 aromatic carbocycles. The molecule has 0 spiro atoms. The minimum absolute atomic E-state index is 0.308. The Labute approximate surface area is 89.6 Å². The van der Waals surface area contributed by atoms with Crippen molar-refractivity contribution >= 4 is 5.97 Å². The highest BCUT2D eigenvalue weighted by atomic mass is 16.5. The molecule has 0 saturated carbocycles. The number of morpholine rings is 1. The van der Waals surface area contributed by atoms with Gasteiger partial charge < -0.3 is 9.84 Å². The monoisotopic (exact) mass is 214 g/mol. The fourth-order valence-corrected chi connectivity index (χ4v) is 2.47. The van der Waals surface area contributed by atoms with Crippen LogP contribution in [0.1, 0.15) is 6.42 Å². The molecule has 2 fully saturated rings. The Kier molecular flexibility index (Phi) is 3.23. The van der Waals surface area contributed by atoms with Crippen LogP contribution in [-0.4, -0.2) is 72.9 Å². The van der Waals surface area contributed by atoms with E-state index >= 15 is 0 Å². The van der Waals surface area contributed by atoms with Crippen molar-refractivity contribution in [1.82, 2.24) is 9.80 Å². The van der Waals surface area contributed by atoms with Crippen LogP contribution in [0.15, 0.2) is 0 Å². The van der Waals surface area contributed by atoms with Crippen molar-refractivity contribution in [3.05, 3.63) is 0 Å². The topological polar surface area (TPSA) is 53.0 Å². The summed E-state index contributed by atoms with van der Waals surface area (Å²) in [6.07, 6.45) is 0.742. The highest BCUT2D eigenvalue weighted by molar-refractivity contribution is 5.74. The van der Waals surface area contributed by atoms with Crippen molar-refractivity contribution in [1.29, 1.82) is 0 Å². The van der Waals surface area contributed by atoms with Crippen molar-refractivity contribution < 1.29 is 14.6 Å². The van der Waals surface area contributed by atoms with Gasteiger partial charge in [-0.1, -0.05) is 0 Å². The molecule has 15 heavy (non-hydrogen) atoms. The normalized spacial score (nSPS) is 34.5. The molecule has 86 valence electrons. The quantitative estimate of drug-likeness (QED) is 0.670. The molecule has 2 saturated heterocycles. The van der Waals surface area contributed by atoms with Gasteiger partial charge in [-0.3, -0.25) is 14.6 Å². The second kappa shape index (κ2) is 4.47. The summed E-state index contributed by atoms with van der Waals surface area (Å²) in [7, 11) is 1.89. The van der Waals surface area contributed by atoms with Crippen LogP contribution >= 0.6 is 0 Å². The standard InChI is InChI=1S/C10H18N2O3/c1-11-7-8(6-9(11)10(13)14)12-2-4-15-5-3-12/h8-9H,2-7H2,1H3,(H,13,14)/t8-,9+/m1/s1. The number of ether oxygens (including phenoxy) is 1. The smallest absolute Gasteiger partial charge is 0.320 e. The molecule has 5 nitrogen and oxygen atoms in total. The van der Waals surface area contributed by atoms with Gasteiger partial charge in [-0.15, -0.1) is 0 Å². The van der Waals surface area contributed by atoms with Gasteiger partial charge in [-0.05, 0) is 13.5 Å². The molecule has 2 aliphatic heterocycles. The van der Waals surface area contributed by atoms with Crippen LogP contribution in [-0.2, 0) is 9.53 Å². The first kappa shape index (κ1) is 10.9. The van der Waals surface area contributed by atoms with Crippen LogP contribution in [0.4, 0.5) is 0 Å². The Bertz CT molecular complexity index is 241. The van der Waals surface area contributed by atoms with Crippen LogP contribution in [0.25, 0.3) is 0 Å². The van der Waals surface area contributed by atoms with E-state index in [-0.39, 0.29) is 6.04 Å². The highest BCUT2D eigenvalue weighted by Gasteiger charge is 2.37. The van der Waals surface area contributed by atoms with E-state index in [1.807, 2.05) is 11.9 Å². The molecule has 0 aliphatic carbocycles. The third-order valence-corrected chi connectivity index (χ3v) is 3.37. The summed E-state index contributed by atoms with van der Waals surface area (Å²) in [5.41, 5.74) is 0. The molecule has 0 unspecified atom stereocenters. The van der Waals surface area contributed by atoms with Crippen LogP contribution < -0.4 is 0 Å². The molecule has 0 aromatic rings. The maximum absolute atomic E-state index is 11.0. The average molecular weight is 214 g/mol. The van der Waals surface area contributed by atoms with E-state index in [9.17, 15) is 4.79 Å². The number of carboxylic acid groups (broad SMARTS) is 1. The minimum atomic E-state index is -0.701. The maximum atomic E-state index is 11.0. The predicted molar refractivity (Wildman–Crippen MR) is 54.9 cm³/mol. The van der Waals surface area contributed by atoms with E-state index in [0.29, 0.717) is 6.04 Å². The van der Waals surface area contributed by atoms with E-state index < -0.39 is 5.97 Å². The van der Waals surface area contributed by atoms with Gasteiger partial charge >= 0.3 is 5.97 Å². The molecule has 0 aromatic heterocycles. The minimum Gasteiger partial charge on any atom is -0.480 e. The van der Waals surface area contributed by atoms with Crippen LogP contribution in [0.3, 0.4) is 0 Å². The van der Waals surface area contributed by atoms with Gasteiger partial charge in [0.25, 0.3) is 0 Å². The average Bonchev–Trinajstić information content (AvgIpc) is 2.62. The van der Waals surface area contributed by atoms with Crippen molar-refractivity contribution in [2.24, 2.45) is 0 Å². The lowest BCUT2D eigenvalue weighted by molar-refractivity contribution is -0.141. The Morgan fingerprint density at radius 1 is 1.40 bits per heavy atom. The largest absolute Gasteiger partial charge is 0.480 e. The number of likely N-dealkylation sites (N-methyl/N-ethyl adjacent to an activating group) is 1. The number of carbonyl (C=O) groups is 1. The highest BCUT2D eigenvalue weighted by Crippen LogP contribution is 2.21. The zero-order valence-corrected chi connectivity index (χ0v) is 9.06. The third kappa shape index (κ3) is 2.30. The number of carboxylic acids is 1. The predicted octanol–water partition coefficient (Wildman–Crippen LogP) is -0.524. The Hall–Kier alpha value is -0.650. The number of nitrogens with zero attached hydrogens (tertiary/aromatic N) is 2. The maximum Gasteiger partial charge on any atom is 0.320 e. The van der Waals surface area contributed by atoms with Crippen molar-refractivity contribution in [2.45, 2.75) is 18.5 Å². The molecule has 2 atom stereocenters. The molecule has 5 heteroatoms. The zero-order valence-electron chi connectivity index (χ0n) is 9.06. The number of aliphatic carboxylic acids is 1. The molecule has 0 amide bonds. The van der Waals surface area contributed by atoms with E-state index in [4.69, 9.17) is 9.84 Å². The lowest BCUT2D eigenvalue weighted by Crippen LogP contribution is -2.44. The Morgan fingerprint density at radius 3 is 2.60 bits per heavy atom. The van der Waals surface area contributed by atoms with Gasteiger partial charge in [-0.2, -0.15) is 0 Å². The molecule has 0 bridgehead atoms. The second-order valence-corrected chi connectivity index (χ2v) is 4.33. The van der Waals surface area contributed by atoms with Crippen LogP contribution in [0.5, 0.6) is 0 Å². The molecule has 1 N–H and O–H groups in total. The summed E-state index contributed by atoms with van der Waals surface area (Å²) in [6.45, 7) is 4.28. The van der Waals surface area contributed by atoms with E-state index in [2.05, 4.69) is 4.90 Å². The number of hydrogen-bond donors (Lipinski definition) is 1. The number of likely N-dealkylation sites (tertiary alicyclic amines) is 1. The van der Waals surface area contributed by atoms with Gasteiger partial charge in [0.15, 0.2) is 0 Å². The summed E-state index contributed by atoms with van der Waals surface area (Å²) in [5, 5.41) is 9.01. The molecule has 2 rings (SSSR count). The van der Waals surface area contributed by atoms with Crippen molar-refractivity contribution in [3.63, 3.8) is 0 Å². The summed E-state index contributed by atoms with van der Waals surface area (Å²) in [4.78, 5) is 15.2. The second-order valence-electron chi connectivity index (χ2n) is 4.33.